The Kier molecular flexibility index (Phi) is 4.02. The minimum atomic E-state index is 0.731. The lowest BCUT2D eigenvalue weighted by atomic mass is 10.2. The Hall–Kier alpha value is -2.23. The number of benzene rings is 1. The number of ether oxygens (including phenoxy) is 1. The molecular weight excluding hydrogens is 226 g/mol. The van der Waals surface area contributed by atoms with Crippen LogP contribution in [0.1, 0.15) is 5.56 Å². The van der Waals surface area contributed by atoms with Crippen molar-refractivity contribution >= 4 is 11.9 Å². The molecule has 0 spiro atoms. The molecule has 2 aromatic rings. The van der Waals surface area contributed by atoms with Gasteiger partial charge < -0.3 is 10.1 Å². The van der Waals surface area contributed by atoms with Crippen molar-refractivity contribution in [2.45, 2.75) is 0 Å². The highest BCUT2D eigenvalue weighted by Gasteiger charge is 2.02. The van der Waals surface area contributed by atoms with Gasteiger partial charge in [0.2, 0.25) is 5.88 Å². The summed E-state index contributed by atoms with van der Waals surface area (Å²) in [5.41, 5.74) is 1.19. The van der Waals surface area contributed by atoms with Crippen molar-refractivity contribution in [3.05, 3.63) is 48.0 Å². The van der Waals surface area contributed by atoms with Gasteiger partial charge in [0.1, 0.15) is 0 Å². The monoisotopic (exact) mass is 243 g/mol. The lowest BCUT2D eigenvalue weighted by molar-refractivity contribution is 0.373. The predicted octanol–water partition coefficient (Wildman–Crippen LogP) is 2.55. The molecule has 1 aromatic carbocycles. The average molecular weight is 243 g/mol. The molecular formula is C14H17N3O. The molecule has 0 radical (unpaired) electrons. The molecule has 94 valence electrons. The standard InChI is InChI=1S/C14H17N3O/c1-17-14(18-2)11-13(16-17)15-10-6-9-12-7-4-3-5-8-12/h3-9,11H,10H2,1-2H3,(H,15,16)/b9-6+. The van der Waals surface area contributed by atoms with Gasteiger partial charge in [-0.2, -0.15) is 5.10 Å². The highest BCUT2D eigenvalue weighted by molar-refractivity contribution is 5.50. The fraction of sp³-hybridized carbons (Fsp3) is 0.214. The Morgan fingerprint density at radius 2 is 2.11 bits per heavy atom. The van der Waals surface area contributed by atoms with E-state index in [2.05, 4.69) is 34.7 Å². The van der Waals surface area contributed by atoms with Crippen LogP contribution in [-0.4, -0.2) is 23.4 Å². The van der Waals surface area contributed by atoms with Gasteiger partial charge in [0.05, 0.1) is 7.11 Å². The molecule has 2 rings (SSSR count). The minimum Gasteiger partial charge on any atom is -0.481 e. The van der Waals surface area contributed by atoms with Crippen molar-refractivity contribution < 1.29 is 4.74 Å². The molecule has 0 unspecified atom stereocenters. The third kappa shape index (κ3) is 3.13. The average Bonchev–Trinajstić information content (AvgIpc) is 2.76. The van der Waals surface area contributed by atoms with Crippen molar-refractivity contribution in [3.63, 3.8) is 0 Å². The second kappa shape index (κ2) is 5.91. The summed E-state index contributed by atoms with van der Waals surface area (Å²) in [4.78, 5) is 0. The van der Waals surface area contributed by atoms with Gasteiger partial charge in [0.25, 0.3) is 0 Å². The number of nitrogens with one attached hydrogen (secondary N) is 1. The quantitative estimate of drug-likeness (QED) is 0.877. The number of aryl methyl sites for hydroxylation is 1. The molecule has 0 bridgehead atoms. The second-order valence-electron chi connectivity index (χ2n) is 3.89. The van der Waals surface area contributed by atoms with E-state index in [0.29, 0.717) is 0 Å². The number of rotatable bonds is 5. The Labute approximate surface area is 107 Å². The zero-order valence-corrected chi connectivity index (χ0v) is 10.6. The van der Waals surface area contributed by atoms with E-state index in [1.54, 1.807) is 11.8 Å². The summed E-state index contributed by atoms with van der Waals surface area (Å²) in [5, 5.41) is 7.48. The Morgan fingerprint density at radius 1 is 1.33 bits per heavy atom. The first-order chi connectivity index (χ1) is 8.79. The topological polar surface area (TPSA) is 39.1 Å². The molecule has 4 heteroatoms. The maximum Gasteiger partial charge on any atom is 0.213 e. The van der Waals surface area contributed by atoms with E-state index in [1.807, 2.05) is 31.3 Å². The summed E-state index contributed by atoms with van der Waals surface area (Å²) in [6.45, 7) is 0.731. The molecule has 1 aromatic heterocycles. The predicted molar refractivity (Wildman–Crippen MR) is 73.7 cm³/mol. The fourth-order valence-electron chi connectivity index (χ4n) is 1.65. The number of methoxy groups -OCH3 is 1. The van der Waals surface area contributed by atoms with Crippen molar-refractivity contribution in [2.75, 3.05) is 19.0 Å². The van der Waals surface area contributed by atoms with E-state index < -0.39 is 0 Å². The van der Waals surface area contributed by atoms with Crippen LogP contribution in [0.2, 0.25) is 0 Å². The summed E-state index contributed by atoms with van der Waals surface area (Å²) in [6, 6.07) is 12.1. The Balaban J connectivity index is 1.86. The smallest absolute Gasteiger partial charge is 0.213 e. The lowest BCUT2D eigenvalue weighted by Gasteiger charge is -1.96. The van der Waals surface area contributed by atoms with Crippen molar-refractivity contribution in [1.29, 1.82) is 0 Å². The molecule has 0 aliphatic heterocycles. The van der Waals surface area contributed by atoms with E-state index in [4.69, 9.17) is 4.74 Å². The lowest BCUT2D eigenvalue weighted by Crippen LogP contribution is -2.00. The van der Waals surface area contributed by atoms with Crippen LogP contribution >= 0.6 is 0 Å². The van der Waals surface area contributed by atoms with Crippen molar-refractivity contribution in [3.8, 4) is 5.88 Å². The van der Waals surface area contributed by atoms with Crippen LogP contribution in [0.25, 0.3) is 6.08 Å². The van der Waals surface area contributed by atoms with Crippen LogP contribution in [0.5, 0.6) is 5.88 Å². The molecule has 0 fully saturated rings. The van der Waals surface area contributed by atoms with Crippen LogP contribution < -0.4 is 10.1 Å². The van der Waals surface area contributed by atoms with Crippen LogP contribution in [0.4, 0.5) is 5.82 Å². The Bertz CT molecular complexity index is 517. The first kappa shape index (κ1) is 12.2. The first-order valence-corrected chi connectivity index (χ1v) is 5.83. The number of anilines is 1. The zero-order valence-electron chi connectivity index (χ0n) is 10.6. The van der Waals surface area contributed by atoms with Crippen molar-refractivity contribution in [1.82, 2.24) is 9.78 Å². The van der Waals surface area contributed by atoms with Crippen LogP contribution in [0.15, 0.2) is 42.5 Å². The molecule has 1 N–H and O–H groups in total. The van der Waals surface area contributed by atoms with E-state index in [9.17, 15) is 0 Å². The summed E-state index contributed by atoms with van der Waals surface area (Å²) in [6.07, 6.45) is 4.14. The van der Waals surface area contributed by atoms with E-state index in [-0.39, 0.29) is 0 Å². The third-order valence-electron chi connectivity index (χ3n) is 2.56. The summed E-state index contributed by atoms with van der Waals surface area (Å²) in [5.74, 6) is 1.55. The van der Waals surface area contributed by atoms with Gasteiger partial charge in [-0.15, -0.1) is 0 Å². The van der Waals surface area contributed by atoms with Crippen LogP contribution in [0.3, 0.4) is 0 Å². The van der Waals surface area contributed by atoms with Crippen molar-refractivity contribution in [2.24, 2.45) is 7.05 Å². The number of nitrogens with zero attached hydrogens (tertiary/aromatic N) is 2. The number of hydrogen-bond donors (Lipinski definition) is 1. The largest absolute Gasteiger partial charge is 0.481 e. The fourth-order valence-corrected chi connectivity index (χ4v) is 1.65. The molecule has 0 saturated carbocycles. The summed E-state index contributed by atoms with van der Waals surface area (Å²) in [7, 11) is 3.49. The maximum atomic E-state index is 5.14. The molecule has 0 aliphatic carbocycles. The van der Waals surface area contributed by atoms with E-state index >= 15 is 0 Å². The molecule has 18 heavy (non-hydrogen) atoms. The highest BCUT2D eigenvalue weighted by Crippen LogP contribution is 2.14. The molecule has 0 amide bonds. The molecule has 0 aliphatic rings. The summed E-state index contributed by atoms with van der Waals surface area (Å²) >= 11 is 0. The molecule has 0 saturated heterocycles. The molecule has 1 heterocycles. The van der Waals surface area contributed by atoms with E-state index in [0.717, 1.165) is 18.2 Å². The van der Waals surface area contributed by atoms with Gasteiger partial charge in [-0.3, -0.25) is 0 Å². The zero-order chi connectivity index (χ0) is 12.8. The summed E-state index contributed by atoms with van der Waals surface area (Å²) < 4.78 is 6.84. The van der Waals surface area contributed by atoms with Gasteiger partial charge in [-0.1, -0.05) is 42.5 Å². The number of hydrogen-bond acceptors (Lipinski definition) is 3. The van der Waals surface area contributed by atoms with Gasteiger partial charge >= 0.3 is 0 Å². The van der Waals surface area contributed by atoms with Crippen LogP contribution in [-0.2, 0) is 7.05 Å². The van der Waals surface area contributed by atoms with Crippen LogP contribution in [0, 0.1) is 0 Å². The Morgan fingerprint density at radius 3 is 2.78 bits per heavy atom. The molecule has 0 atom stereocenters. The van der Waals surface area contributed by atoms with Gasteiger partial charge in [0.15, 0.2) is 5.82 Å². The third-order valence-corrected chi connectivity index (χ3v) is 2.56. The number of aromatic nitrogens is 2. The highest BCUT2D eigenvalue weighted by atomic mass is 16.5. The van der Waals surface area contributed by atoms with Gasteiger partial charge in [-0.05, 0) is 5.56 Å². The van der Waals surface area contributed by atoms with Gasteiger partial charge in [-0.25, -0.2) is 4.68 Å². The second-order valence-corrected chi connectivity index (χ2v) is 3.89. The molecule has 4 nitrogen and oxygen atoms in total. The minimum absolute atomic E-state index is 0.731. The maximum absolute atomic E-state index is 5.14. The first-order valence-electron chi connectivity index (χ1n) is 5.83. The normalized spacial score (nSPS) is 10.8. The SMILES string of the molecule is COc1cc(NC/C=C/c2ccccc2)nn1C. The van der Waals surface area contributed by atoms with E-state index in [1.165, 1.54) is 5.56 Å². The van der Waals surface area contributed by atoms with Gasteiger partial charge in [0, 0.05) is 19.7 Å².